The van der Waals surface area contributed by atoms with Gasteiger partial charge in [0.05, 0.1) is 12.3 Å². The maximum atomic E-state index is 9.32. The van der Waals surface area contributed by atoms with E-state index in [4.69, 9.17) is 15.7 Å². The fraction of sp³-hybridized carbons (Fsp3) is 0. The Balaban J connectivity index is 1.52. The fourth-order valence-corrected chi connectivity index (χ4v) is 5.55. The van der Waals surface area contributed by atoms with Crippen LogP contribution in [0.1, 0.15) is 12.3 Å². The summed E-state index contributed by atoms with van der Waals surface area (Å²) in [5.41, 5.74) is 4.26. The monoisotopic (exact) mass is 505 g/mol. The number of hydrogen-bond donors (Lipinski definition) is 0. The summed E-state index contributed by atoms with van der Waals surface area (Å²) in [6.45, 7) is 0. The Labute approximate surface area is 240 Å². The first-order valence-electron chi connectivity index (χ1n) is 17.1. The van der Waals surface area contributed by atoms with Crippen LogP contribution in [0, 0.1) is 0 Å². The highest BCUT2D eigenvalue weighted by atomic mass is 16.5. The van der Waals surface area contributed by atoms with Crippen LogP contribution >= 0.6 is 0 Å². The molecule has 0 aliphatic carbocycles. The third kappa shape index (κ3) is 3.41. The fourth-order valence-electron chi connectivity index (χ4n) is 5.55. The van der Waals surface area contributed by atoms with Crippen molar-refractivity contribution in [2.45, 2.75) is 0 Å². The first-order valence-corrected chi connectivity index (χ1v) is 12.6. The molecule has 1 aliphatic rings. The van der Waals surface area contributed by atoms with Crippen LogP contribution in [0.2, 0.25) is 0 Å². The molecule has 0 saturated carbocycles. The molecular formula is C38H24O. The summed E-state index contributed by atoms with van der Waals surface area (Å²) in [5.74, 6) is -0.451. The smallest absolute Gasteiger partial charge is 0.135 e. The second-order valence-corrected chi connectivity index (χ2v) is 9.38. The molecule has 0 saturated heterocycles. The Kier molecular flexibility index (Phi) is 3.29. The minimum atomic E-state index is -0.540. The zero-order valence-electron chi connectivity index (χ0n) is 29.6. The second kappa shape index (κ2) is 8.72. The van der Waals surface area contributed by atoms with Gasteiger partial charge in [0.15, 0.2) is 0 Å². The number of rotatable bonds is 3. The van der Waals surface area contributed by atoms with E-state index in [0.29, 0.717) is 5.56 Å². The van der Waals surface area contributed by atoms with Crippen LogP contribution in [0.3, 0.4) is 0 Å². The van der Waals surface area contributed by atoms with Gasteiger partial charge in [-0.25, -0.2) is 0 Å². The molecule has 0 N–H and O–H groups in total. The average molecular weight is 506 g/mol. The molecule has 0 amide bonds. The Morgan fingerprint density at radius 3 is 1.95 bits per heavy atom. The van der Waals surface area contributed by atoms with Crippen LogP contribution in [0.4, 0.5) is 0 Å². The lowest BCUT2D eigenvalue weighted by Gasteiger charge is -2.23. The summed E-state index contributed by atoms with van der Waals surface area (Å²) in [7, 11) is 0. The van der Waals surface area contributed by atoms with Gasteiger partial charge in [0.1, 0.15) is 11.5 Å². The number of hydrogen-bond acceptors (Lipinski definition) is 1. The van der Waals surface area contributed by atoms with Crippen LogP contribution in [-0.4, -0.2) is 0 Å². The predicted octanol–water partition coefficient (Wildman–Crippen LogP) is 10.8. The molecule has 0 bridgehead atoms. The summed E-state index contributed by atoms with van der Waals surface area (Å²) >= 11 is 0. The lowest BCUT2D eigenvalue weighted by Crippen LogP contribution is -1.98. The SMILES string of the molecule is [2H]c1c([2H])c([2H])c2c(c1[2H])Oc1c([2H])c([2H])c(-c3ccccc3-c3cccc4cccc(-c5ccccc5)c34)c3c([2H])c([2H])c([2H])c-2c13. The van der Waals surface area contributed by atoms with Crippen molar-refractivity contribution in [2.75, 3.05) is 0 Å². The number of ether oxygens (including phenoxy) is 1. The third-order valence-corrected chi connectivity index (χ3v) is 7.24. The second-order valence-electron chi connectivity index (χ2n) is 9.38. The highest BCUT2D eigenvalue weighted by molar-refractivity contribution is 6.13. The summed E-state index contributed by atoms with van der Waals surface area (Å²) < 4.78 is 85.1. The predicted molar refractivity (Wildman–Crippen MR) is 163 cm³/mol. The first-order chi connectivity index (χ1) is 23.1. The van der Waals surface area contributed by atoms with E-state index in [-0.39, 0.29) is 57.1 Å². The Morgan fingerprint density at radius 1 is 0.410 bits per heavy atom. The van der Waals surface area contributed by atoms with E-state index in [1.54, 1.807) is 0 Å². The maximum absolute atomic E-state index is 9.32. The van der Waals surface area contributed by atoms with E-state index in [1.807, 2.05) is 84.9 Å². The minimum Gasteiger partial charge on any atom is -0.456 e. The molecule has 1 heteroatoms. The van der Waals surface area contributed by atoms with Crippen molar-refractivity contribution in [2.24, 2.45) is 0 Å². The summed E-state index contributed by atoms with van der Waals surface area (Å²) in [6.07, 6.45) is 0. The van der Waals surface area contributed by atoms with Crippen molar-refractivity contribution in [3.8, 4) is 56.0 Å². The van der Waals surface area contributed by atoms with Crippen LogP contribution in [-0.2, 0) is 0 Å². The van der Waals surface area contributed by atoms with Crippen LogP contribution in [0.25, 0.3) is 66.1 Å². The Morgan fingerprint density at radius 2 is 1.10 bits per heavy atom. The van der Waals surface area contributed by atoms with Crippen molar-refractivity contribution < 1.29 is 17.1 Å². The third-order valence-electron chi connectivity index (χ3n) is 7.24. The molecule has 8 rings (SSSR count). The highest BCUT2D eigenvalue weighted by Gasteiger charge is 2.22. The molecule has 39 heavy (non-hydrogen) atoms. The highest BCUT2D eigenvalue weighted by Crippen LogP contribution is 2.49. The summed E-state index contributed by atoms with van der Waals surface area (Å²) in [5, 5.41) is 2.19. The minimum absolute atomic E-state index is 0.0157. The zero-order valence-corrected chi connectivity index (χ0v) is 20.6. The number of fused-ring (bicyclic) bond motifs is 3. The van der Waals surface area contributed by atoms with Crippen molar-refractivity contribution in [1.82, 2.24) is 0 Å². The van der Waals surface area contributed by atoms with E-state index in [2.05, 4.69) is 6.07 Å². The van der Waals surface area contributed by atoms with Gasteiger partial charge in [-0.1, -0.05) is 133 Å². The Bertz CT molecular complexity index is 2520. The maximum Gasteiger partial charge on any atom is 0.135 e. The van der Waals surface area contributed by atoms with Crippen LogP contribution in [0.15, 0.2) is 145 Å². The molecule has 0 atom stereocenters. The number of benzene rings is 7. The molecule has 1 aliphatic heterocycles. The normalized spacial score (nSPS) is 15.0. The largest absolute Gasteiger partial charge is 0.456 e. The molecule has 0 unspecified atom stereocenters. The van der Waals surface area contributed by atoms with Crippen LogP contribution in [0.5, 0.6) is 11.5 Å². The quantitative estimate of drug-likeness (QED) is 0.232. The van der Waals surface area contributed by atoms with Gasteiger partial charge < -0.3 is 4.74 Å². The number of para-hydroxylation sites is 1. The summed E-state index contributed by atoms with van der Waals surface area (Å²) in [4.78, 5) is 0. The summed E-state index contributed by atoms with van der Waals surface area (Å²) in [6, 6.07) is 25.7. The van der Waals surface area contributed by atoms with Crippen molar-refractivity contribution in [1.29, 1.82) is 0 Å². The molecule has 0 spiro atoms. The molecule has 1 heterocycles. The van der Waals surface area contributed by atoms with Gasteiger partial charge in [0, 0.05) is 10.9 Å². The molecular weight excluding hydrogens is 472 g/mol. The average Bonchev–Trinajstić information content (AvgIpc) is 3.12. The van der Waals surface area contributed by atoms with Gasteiger partial charge in [-0.2, -0.15) is 0 Å². The Hall–Kier alpha value is -5.14. The zero-order chi connectivity index (χ0) is 33.6. The molecule has 7 aromatic rings. The lowest BCUT2D eigenvalue weighted by molar-refractivity contribution is 0.487. The van der Waals surface area contributed by atoms with Gasteiger partial charge >= 0.3 is 0 Å². The lowest BCUT2D eigenvalue weighted by atomic mass is 9.85. The van der Waals surface area contributed by atoms with Gasteiger partial charge in [0.2, 0.25) is 0 Å². The van der Waals surface area contributed by atoms with Crippen LogP contribution < -0.4 is 4.74 Å². The molecule has 0 radical (unpaired) electrons. The molecule has 1 nitrogen and oxygen atoms in total. The van der Waals surface area contributed by atoms with E-state index in [1.165, 1.54) is 0 Å². The standard InChI is InChI=1S/C38H24O/c1-2-11-25(12-3-1)27-18-8-13-26-14-9-19-32(37(26)27)29-16-5-4-15-28(29)30-23-24-36-38-33(30)20-10-21-34(38)31-17-6-7-22-35(31)39-36/h1-24H/i6D,7D,10D,17D,20D,21D,22D,23D,24D. The van der Waals surface area contributed by atoms with Gasteiger partial charge in [-0.05, 0) is 67.2 Å². The van der Waals surface area contributed by atoms with Crippen molar-refractivity contribution in [3.05, 3.63) is 145 Å². The van der Waals surface area contributed by atoms with E-state index in [0.717, 1.165) is 33.0 Å². The molecule has 0 fully saturated rings. The van der Waals surface area contributed by atoms with Crippen molar-refractivity contribution >= 4 is 21.5 Å². The van der Waals surface area contributed by atoms with Gasteiger partial charge in [-0.15, -0.1) is 0 Å². The van der Waals surface area contributed by atoms with E-state index < -0.39 is 36.3 Å². The van der Waals surface area contributed by atoms with E-state index in [9.17, 15) is 1.37 Å². The molecule has 7 aromatic carbocycles. The topological polar surface area (TPSA) is 9.23 Å². The molecule has 0 aromatic heterocycles. The van der Waals surface area contributed by atoms with Gasteiger partial charge in [-0.3, -0.25) is 0 Å². The van der Waals surface area contributed by atoms with Crippen molar-refractivity contribution in [3.63, 3.8) is 0 Å². The molecule has 182 valence electrons. The first kappa shape index (κ1) is 14.7. The van der Waals surface area contributed by atoms with Gasteiger partial charge in [0.25, 0.3) is 0 Å². The van der Waals surface area contributed by atoms with E-state index >= 15 is 0 Å².